The fraction of sp³-hybridized carbons (Fsp3) is 0.333. The number of ether oxygens (including phenoxy) is 1. The van der Waals surface area contributed by atoms with Crippen molar-refractivity contribution in [2.24, 2.45) is 0 Å². The number of nitrogens with zero attached hydrogens (tertiary/aromatic N) is 1. The molecule has 1 N–H and O–H groups in total. The van der Waals surface area contributed by atoms with Crippen molar-refractivity contribution in [3.05, 3.63) is 52.4 Å². The van der Waals surface area contributed by atoms with E-state index in [9.17, 15) is 5.11 Å². The molecule has 20 heavy (non-hydrogen) atoms. The van der Waals surface area contributed by atoms with E-state index in [0.29, 0.717) is 18.4 Å². The van der Waals surface area contributed by atoms with Gasteiger partial charge in [-0.3, -0.25) is 4.90 Å². The van der Waals surface area contributed by atoms with Crippen molar-refractivity contribution >= 4 is 11.6 Å². The summed E-state index contributed by atoms with van der Waals surface area (Å²) in [7, 11) is 0. The number of halogens is 1. The zero-order chi connectivity index (χ0) is 13.9. The Kier molecular flexibility index (Phi) is 3.96. The smallest absolute Gasteiger partial charge is 0.193 e. The Hall–Kier alpha value is -1.49. The second kappa shape index (κ2) is 5.87. The number of hydrogen-bond acceptors (Lipinski definition) is 4. The second-order valence-electron chi connectivity index (χ2n) is 4.87. The SMILES string of the molecule is OCc1ccc2c(c1)CN(Cc1ccc(Cl)o1)CCO2. The minimum atomic E-state index is 0.0427. The van der Waals surface area contributed by atoms with Crippen LogP contribution in [0.25, 0.3) is 0 Å². The lowest BCUT2D eigenvalue weighted by Crippen LogP contribution is -2.25. The van der Waals surface area contributed by atoms with Crippen LogP contribution in [0.1, 0.15) is 16.9 Å². The Morgan fingerprint density at radius 1 is 1.25 bits per heavy atom. The highest BCUT2D eigenvalue weighted by molar-refractivity contribution is 6.28. The van der Waals surface area contributed by atoms with Crippen molar-refractivity contribution in [1.82, 2.24) is 4.90 Å². The van der Waals surface area contributed by atoms with E-state index < -0.39 is 0 Å². The van der Waals surface area contributed by atoms with Gasteiger partial charge in [0.15, 0.2) is 5.22 Å². The topological polar surface area (TPSA) is 45.8 Å². The van der Waals surface area contributed by atoms with E-state index >= 15 is 0 Å². The maximum Gasteiger partial charge on any atom is 0.193 e. The number of benzene rings is 1. The molecule has 0 fully saturated rings. The molecule has 0 radical (unpaired) electrons. The van der Waals surface area contributed by atoms with Gasteiger partial charge in [0, 0.05) is 18.7 Å². The molecule has 1 aromatic carbocycles. The monoisotopic (exact) mass is 293 g/mol. The lowest BCUT2D eigenvalue weighted by molar-refractivity contribution is 0.206. The largest absolute Gasteiger partial charge is 0.492 e. The van der Waals surface area contributed by atoms with Crippen molar-refractivity contribution < 1.29 is 14.3 Å². The first-order valence-corrected chi connectivity index (χ1v) is 6.94. The molecule has 1 aliphatic heterocycles. The Morgan fingerprint density at radius 3 is 2.90 bits per heavy atom. The summed E-state index contributed by atoms with van der Waals surface area (Å²) in [6, 6.07) is 9.44. The molecule has 0 bridgehead atoms. The summed E-state index contributed by atoms with van der Waals surface area (Å²) < 4.78 is 11.1. The van der Waals surface area contributed by atoms with Crippen LogP contribution in [0.15, 0.2) is 34.7 Å². The first kappa shape index (κ1) is 13.5. The molecule has 1 aliphatic rings. The average molecular weight is 294 g/mol. The summed E-state index contributed by atoms with van der Waals surface area (Å²) in [4.78, 5) is 2.24. The minimum Gasteiger partial charge on any atom is -0.492 e. The number of aliphatic hydroxyl groups is 1. The molecule has 0 spiro atoms. The molecular weight excluding hydrogens is 278 g/mol. The average Bonchev–Trinajstić information content (AvgIpc) is 2.74. The summed E-state index contributed by atoms with van der Waals surface area (Å²) in [5.41, 5.74) is 1.99. The van der Waals surface area contributed by atoms with Gasteiger partial charge in [0.25, 0.3) is 0 Å². The van der Waals surface area contributed by atoms with Gasteiger partial charge in [0.2, 0.25) is 0 Å². The molecule has 0 amide bonds. The third-order valence-electron chi connectivity index (χ3n) is 3.37. The van der Waals surface area contributed by atoms with Gasteiger partial charge in [0.05, 0.1) is 13.2 Å². The van der Waals surface area contributed by atoms with Crippen LogP contribution < -0.4 is 4.74 Å². The van der Waals surface area contributed by atoms with Crippen LogP contribution in [-0.2, 0) is 19.7 Å². The first-order valence-electron chi connectivity index (χ1n) is 6.56. The predicted molar refractivity (Wildman–Crippen MR) is 75.7 cm³/mol. The van der Waals surface area contributed by atoms with E-state index in [0.717, 1.165) is 35.7 Å². The quantitative estimate of drug-likeness (QED) is 0.945. The van der Waals surface area contributed by atoms with Gasteiger partial charge in [-0.05, 0) is 41.4 Å². The van der Waals surface area contributed by atoms with Gasteiger partial charge in [-0.15, -0.1) is 0 Å². The molecule has 5 heteroatoms. The van der Waals surface area contributed by atoms with E-state index in [1.54, 1.807) is 6.07 Å². The Balaban J connectivity index is 1.77. The zero-order valence-corrected chi connectivity index (χ0v) is 11.8. The van der Waals surface area contributed by atoms with Crippen molar-refractivity contribution in [2.45, 2.75) is 19.7 Å². The number of rotatable bonds is 3. The highest BCUT2D eigenvalue weighted by Gasteiger charge is 2.17. The molecule has 0 saturated carbocycles. The highest BCUT2D eigenvalue weighted by Crippen LogP contribution is 2.25. The summed E-state index contributed by atoms with van der Waals surface area (Å²) in [5.74, 6) is 1.74. The van der Waals surface area contributed by atoms with Crippen LogP contribution in [0.5, 0.6) is 5.75 Å². The Bertz CT molecular complexity index is 597. The van der Waals surface area contributed by atoms with Crippen molar-refractivity contribution in [2.75, 3.05) is 13.2 Å². The summed E-state index contributed by atoms with van der Waals surface area (Å²) in [5, 5.41) is 9.64. The van der Waals surface area contributed by atoms with Crippen molar-refractivity contribution in [3.63, 3.8) is 0 Å². The van der Waals surface area contributed by atoms with E-state index in [4.69, 9.17) is 20.8 Å². The maximum absolute atomic E-state index is 9.23. The number of fused-ring (bicyclic) bond motifs is 1. The van der Waals surface area contributed by atoms with Crippen LogP contribution in [0, 0.1) is 0 Å². The molecule has 1 aromatic heterocycles. The Morgan fingerprint density at radius 2 is 2.15 bits per heavy atom. The van der Waals surface area contributed by atoms with Gasteiger partial charge in [-0.25, -0.2) is 0 Å². The molecule has 0 atom stereocenters. The van der Waals surface area contributed by atoms with E-state index in [-0.39, 0.29) is 6.61 Å². The molecule has 0 saturated heterocycles. The number of hydrogen-bond donors (Lipinski definition) is 1. The van der Waals surface area contributed by atoms with Gasteiger partial charge in [-0.1, -0.05) is 6.07 Å². The second-order valence-corrected chi connectivity index (χ2v) is 5.24. The fourth-order valence-corrected chi connectivity index (χ4v) is 2.55. The minimum absolute atomic E-state index is 0.0427. The van der Waals surface area contributed by atoms with E-state index in [1.165, 1.54) is 0 Å². The molecule has 106 valence electrons. The molecule has 2 heterocycles. The van der Waals surface area contributed by atoms with Crippen LogP contribution in [-0.4, -0.2) is 23.2 Å². The molecule has 4 nitrogen and oxygen atoms in total. The highest BCUT2D eigenvalue weighted by atomic mass is 35.5. The maximum atomic E-state index is 9.23. The Labute approximate surface area is 122 Å². The first-order chi connectivity index (χ1) is 9.74. The third-order valence-corrected chi connectivity index (χ3v) is 3.58. The molecule has 0 aliphatic carbocycles. The number of furan rings is 1. The van der Waals surface area contributed by atoms with Crippen LogP contribution >= 0.6 is 11.6 Å². The van der Waals surface area contributed by atoms with Gasteiger partial charge in [0.1, 0.15) is 18.1 Å². The van der Waals surface area contributed by atoms with Gasteiger partial charge in [-0.2, -0.15) is 0 Å². The standard InChI is InChI=1S/C15H16ClNO3/c16-15-4-2-13(20-15)9-17-5-6-19-14-3-1-11(10-18)7-12(14)8-17/h1-4,7,18H,5-6,8-10H2. The van der Waals surface area contributed by atoms with Crippen LogP contribution in [0.4, 0.5) is 0 Å². The molecular formula is C15H16ClNO3. The summed E-state index contributed by atoms with van der Waals surface area (Å²) in [6.45, 7) is 2.96. The molecule has 0 unspecified atom stereocenters. The van der Waals surface area contributed by atoms with Crippen molar-refractivity contribution in [3.8, 4) is 5.75 Å². The molecule has 3 rings (SSSR count). The van der Waals surface area contributed by atoms with Crippen LogP contribution in [0.3, 0.4) is 0 Å². The lowest BCUT2D eigenvalue weighted by atomic mass is 10.1. The summed E-state index contributed by atoms with van der Waals surface area (Å²) >= 11 is 5.79. The van der Waals surface area contributed by atoms with Gasteiger partial charge >= 0.3 is 0 Å². The number of aliphatic hydroxyl groups excluding tert-OH is 1. The molecule has 2 aromatic rings. The van der Waals surface area contributed by atoms with Crippen molar-refractivity contribution in [1.29, 1.82) is 0 Å². The fourth-order valence-electron chi connectivity index (χ4n) is 2.39. The van der Waals surface area contributed by atoms with Gasteiger partial charge < -0.3 is 14.3 Å². The van der Waals surface area contributed by atoms with E-state index in [2.05, 4.69) is 4.90 Å². The zero-order valence-electron chi connectivity index (χ0n) is 11.0. The lowest BCUT2D eigenvalue weighted by Gasteiger charge is -2.17. The summed E-state index contributed by atoms with van der Waals surface area (Å²) in [6.07, 6.45) is 0. The van der Waals surface area contributed by atoms with E-state index in [1.807, 2.05) is 24.3 Å². The van der Waals surface area contributed by atoms with Crippen LogP contribution in [0.2, 0.25) is 5.22 Å². The third kappa shape index (κ3) is 2.98. The predicted octanol–water partition coefficient (Wildman–Crippen LogP) is 2.82. The normalized spacial score (nSPS) is 15.5.